The molecule has 7 nitrogen and oxygen atoms in total. The van der Waals surface area contributed by atoms with E-state index in [-0.39, 0.29) is 23.6 Å². The number of nitro groups is 1. The molecular weight excluding hydrogens is 266 g/mol. The van der Waals surface area contributed by atoms with Crippen LogP contribution in [0.3, 0.4) is 0 Å². The van der Waals surface area contributed by atoms with Crippen molar-refractivity contribution in [2.24, 2.45) is 0 Å². The molecule has 108 valence electrons. The Balaban J connectivity index is 2.88. The number of aliphatic carboxylic acids is 1. The van der Waals surface area contributed by atoms with Crippen LogP contribution in [0.5, 0.6) is 11.5 Å². The molecule has 0 aliphatic rings. The first-order valence-corrected chi connectivity index (χ1v) is 5.87. The Morgan fingerprint density at radius 2 is 2.15 bits per heavy atom. The lowest BCUT2D eigenvalue weighted by atomic mass is 10.2. The molecule has 0 bridgehead atoms. The van der Waals surface area contributed by atoms with Crippen LogP contribution in [0, 0.1) is 10.1 Å². The van der Waals surface area contributed by atoms with Gasteiger partial charge < -0.3 is 14.6 Å². The number of rotatable bonds is 7. The van der Waals surface area contributed by atoms with E-state index in [2.05, 4.69) is 0 Å². The average molecular weight is 281 g/mol. The number of hydrogen-bond donors (Lipinski definition) is 1. The van der Waals surface area contributed by atoms with Crippen LogP contribution in [0.1, 0.15) is 13.3 Å². The van der Waals surface area contributed by atoms with Crippen LogP contribution >= 0.6 is 0 Å². The van der Waals surface area contributed by atoms with E-state index in [1.165, 1.54) is 31.4 Å². The first-order valence-electron chi connectivity index (χ1n) is 5.87. The second kappa shape index (κ2) is 7.13. The van der Waals surface area contributed by atoms with Crippen molar-refractivity contribution in [2.75, 3.05) is 13.7 Å². The average Bonchev–Trinajstić information content (AvgIpc) is 2.42. The molecule has 1 aromatic carbocycles. The molecule has 0 heterocycles. The van der Waals surface area contributed by atoms with Crippen LogP contribution in [0.25, 0.3) is 0 Å². The fraction of sp³-hybridized carbons (Fsp3) is 0.308. The highest BCUT2D eigenvalue weighted by Crippen LogP contribution is 2.31. The SMILES string of the molecule is CCC(=CCOc1cc([N+](=O)[O-])ccc1OC)C(=O)O. The minimum Gasteiger partial charge on any atom is -0.493 e. The van der Waals surface area contributed by atoms with Gasteiger partial charge in [-0.15, -0.1) is 0 Å². The van der Waals surface area contributed by atoms with Crippen molar-refractivity contribution in [1.29, 1.82) is 0 Å². The van der Waals surface area contributed by atoms with E-state index in [0.717, 1.165) is 0 Å². The van der Waals surface area contributed by atoms with Gasteiger partial charge in [0.1, 0.15) is 6.61 Å². The van der Waals surface area contributed by atoms with E-state index in [0.29, 0.717) is 12.2 Å². The summed E-state index contributed by atoms with van der Waals surface area (Å²) in [5.41, 5.74) is 0.0909. The van der Waals surface area contributed by atoms with Gasteiger partial charge in [-0.2, -0.15) is 0 Å². The van der Waals surface area contributed by atoms with Gasteiger partial charge in [-0.05, 0) is 18.6 Å². The molecule has 1 N–H and O–H groups in total. The highest BCUT2D eigenvalue weighted by molar-refractivity contribution is 5.86. The molecule has 0 aliphatic carbocycles. The Morgan fingerprint density at radius 1 is 1.45 bits per heavy atom. The third-order valence-electron chi connectivity index (χ3n) is 2.58. The largest absolute Gasteiger partial charge is 0.493 e. The summed E-state index contributed by atoms with van der Waals surface area (Å²) in [6.07, 6.45) is 1.78. The summed E-state index contributed by atoms with van der Waals surface area (Å²) < 4.78 is 10.4. The maximum Gasteiger partial charge on any atom is 0.331 e. The maximum atomic E-state index is 10.8. The normalized spacial score (nSPS) is 11.0. The van der Waals surface area contributed by atoms with E-state index >= 15 is 0 Å². The molecule has 0 spiro atoms. The van der Waals surface area contributed by atoms with Crippen LogP contribution < -0.4 is 9.47 Å². The number of nitrogens with zero attached hydrogens (tertiary/aromatic N) is 1. The summed E-state index contributed by atoms with van der Waals surface area (Å²) >= 11 is 0. The zero-order valence-corrected chi connectivity index (χ0v) is 11.2. The number of nitro benzene ring substituents is 1. The topological polar surface area (TPSA) is 98.9 Å². The molecule has 0 aromatic heterocycles. The van der Waals surface area contributed by atoms with Crippen molar-refractivity contribution in [1.82, 2.24) is 0 Å². The predicted octanol–water partition coefficient (Wildman–Crippen LogP) is 2.40. The number of ether oxygens (including phenoxy) is 2. The first kappa shape index (κ1) is 15.5. The fourth-order valence-corrected chi connectivity index (χ4v) is 1.51. The summed E-state index contributed by atoms with van der Waals surface area (Å²) in [6, 6.07) is 3.96. The predicted molar refractivity (Wildman–Crippen MR) is 71.2 cm³/mol. The molecule has 7 heteroatoms. The summed E-state index contributed by atoms with van der Waals surface area (Å²) in [5, 5.41) is 19.5. The number of benzene rings is 1. The molecule has 0 unspecified atom stereocenters. The molecule has 1 aromatic rings. The molecule has 1 rings (SSSR count). The lowest BCUT2D eigenvalue weighted by Gasteiger charge is -2.09. The Kier molecular flexibility index (Phi) is 5.52. The van der Waals surface area contributed by atoms with E-state index < -0.39 is 10.9 Å². The van der Waals surface area contributed by atoms with Crippen molar-refractivity contribution in [3.63, 3.8) is 0 Å². The number of carbonyl (C=O) groups is 1. The van der Waals surface area contributed by atoms with E-state index in [1.54, 1.807) is 6.92 Å². The van der Waals surface area contributed by atoms with Gasteiger partial charge in [0, 0.05) is 11.6 Å². The minimum atomic E-state index is -1.01. The lowest BCUT2D eigenvalue weighted by molar-refractivity contribution is -0.385. The molecule has 0 aliphatic heterocycles. The standard InChI is InChI=1S/C13H15NO6/c1-3-9(13(15)16)6-7-20-12-8-10(14(17)18)4-5-11(12)19-2/h4-6,8H,3,7H2,1-2H3,(H,15,16). The van der Waals surface area contributed by atoms with E-state index in [9.17, 15) is 14.9 Å². The molecule has 0 amide bonds. The van der Waals surface area contributed by atoms with Crippen molar-refractivity contribution >= 4 is 11.7 Å². The number of carboxylic acids is 1. The Morgan fingerprint density at radius 3 is 2.65 bits per heavy atom. The first-order chi connectivity index (χ1) is 9.49. The highest BCUT2D eigenvalue weighted by atomic mass is 16.6. The third-order valence-corrected chi connectivity index (χ3v) is 2.58. The second-order valence-electron chi connectivity index (χ2n) is 3.79. The monoisotopic (exact) mass is 281 g/mol. The van der Waals surface area contributed by atoms with Gasteiger partial charge >= 0.3 is 5.97 Å². The fourth-order valence-electron chi connectivity index (χ4n) is 1.51. The van der Waals surface area contributed by atoms with Crippen molar-refractivity contribution in [3.05, 3.63) is 40.0 Å². The number of methoxy groups -OCH3 is 1. The molecule has 20 heavy (non-hydrogen) atoms. The molecular formula is C13H15NO6. The van der Waals surface area contributed by atoms with Gasteiger partial charge in [-0.1, -0.05) is 6.92 Å². The number of carboxylic acid groups (broad SMARTS) is 1. The third kappa shape index (κ3) is 3.98. The molecule has 0 radical (unpaired) electrons. The van der Waals surface area contributed by atoms with Gasteiger partial charge in [0.25, 0.3) is 5.69 Å². The van der Waals surface area contributed by atoms with Gasteiger partial charge in [0.15, 0.2) is 11.5 Å². The van der Waals surface area contributed by atoms with E-state index in [4.69, 9.17) is 14.6 Å². The van der Waals surface area contributed by atoms with Gasteiger partial charge in [0.05, 0.1) is 18.1 Å². The van der Waals surface area contributed by atoms with Crippen LogP contribution in [0.4, 0.5) is 5.69 Å². The molecule has 0 fully saturated rings. The molecule has 0 saturated carbocycles. The highest BCUT2D eigenvalue weighted by Gasteiger charge is 2.12. The van der Waals surface area contributed by atoms with Crippen LogP contribution in [0.2, 0.25) is 0 Å². The molecule has 0 atom stereocenters. The second-order valence-corrected chi connectivity index (χ2v) is 3.79. The molecule has 0 saturated heterocycles. The summed E-state index contributed by atoms with van der Waals surface area (Å²) in [4.78, 5) is 20.9. The van der Waals surface area contributed by atoms with Crippen LogP contribution in [0.15, 0.2) is 29.8 Å². The van der Waals surface area contributed by atoms with Crippen LogP contribution in [-0.2, 0) is 4.79 Å². The van der Waals surface area contributed by atoms with Gasteiger partial charge in [-0.3, -0.25) is 10.1 Å². The Hall–Kier alpha value is -2.57. The zero-order chi connectivity index (χ0) is 15.1. The van der Waals surface area contributed by atoms with Gasteiger partial charge in [0.2, 0.25) is 0 Å². The zero-order valence-electron chi connectivity index (χ0n) is 11.2. The Labute approximate surface area is 115 Å². The quantitative estimate of drug-likeness (QED) is 0.468. The van der Waals surface area contributed by atoms with Crippen molar-refractivity contribution in [3.8, 4) is 11.5 Å². The van der Waals surface area contributed by atoms with Crippen LogP contribution in [-0.4, -0.2) is 29.7 Å². The number of hydrogen-bond acceptors (Lipinski definition) is 5. The van der Waals surface area contributed by atoms with Gasteiger partial charge in [-0.25, -0.2) is 4.79 Å². The summed E-state index contributed by atoms with van der Waals surface area (Å²) in [5.74, 6) is -0.474. The minimum absolute atomic E-state index is 0.00694. The van der Waals surface area contributed by atoms with Crippen molar-refractivity contribution < 1.29 is 24.3 Å². The maximum absolute atomic E-state index is 10.8. The summed E-state index contributed by atoms with van der Waals surface area (Å²) in [7, 11) is 1.42. The van der Waals surface area contributed by atoms with Crippen molar-refractivity contribution in [2.45, 2.75) is 13.3 Å². The smallest absolute Gasteiger partial charge is 0.331 e. The van der Waals surface area contributed by atoms with E-state index in [1.807, 2.05) is 0 Å². The Bertz CT molecular complexity index is 538. The summed E-state index contributed by atoms with van der Waals surface area (Å²) in [6.45, 7) is 1.71. The number of non-ortho nitro benzene ring substituents is 1. The lowest BCUT2D eigenvalue weighted by Crippen LogP contribution is -2.03.